The van der Waals surface area contributed by atoms with Crippen LogP contribution in [0.25, 0.3) is 0 Å². The Morgan fingerprint density at radius 1 is 1.38 bits per heavy atom. The first-order chi connectivity index (χ1) is 11.2. The van der Waals surface area contributed by atoms with Crippen LogP contribution in [-0.2, 0) is 19.1 Å². The molecule has 0 saturated carbocycles. The fourth-order valence-corrected chi connectivity index (χ4v) is 2.12. The Hall–Kier alpha value is -2.08. The molecule has 0 bridgehead atoms. The van der Waals surface area contributed by atoms with Gasteiger partial charge in [0, 0.05) is 6.08 Å². The average Bonchev–Trinajstić information content (AvgIpc) is 2.97. The van der Waals surface area contributed by atoms with Gasteiger partial charge in [-0.25, -0.2) is 4.79 Å². The van der Waals surface area contributed by atoms with Gasteiger partial charge in [0.25, 0.3) is 0 Å². The fourth-order valence-electron chi connectivity index (χ4n) is 2.12. The van der Waals surface area contributed by atoms with Crippen LogP contribution < -0.4 is 5.32 Å². The zero-order chi connectivity index (χ0) is 18.2. The minimum Gasteiger partial charge on any atom is -0.468 e. The van der Waals surface area contributed by atoms with Crippen LogP contribution in [0.4, 0.5) is 0 Å². The van der Waals surface area contributed by atoms with Crippen LogP contribution in [0.5, 0.6) is 0 Å². The summed E-state index contributed by atoms with van der Waals surface area (Å²) < 4.78 is 15.6. The summed E-state index contributed by atoms with van der Waals surface area (Å²) in [6, 6.07) is 3.33. The van der Waals surface area contributed by atoms with Crippen LogP contribution in [0.3, 0.4) is 0 Å². The summed E-state index contributed by atoms with van der Waals surface area (Å²) in [7, 11) is 0. The van der Waals surface area contributed by atoms with Gasteiger partial charge in [-0.2, -0.15) is 0 Å². The molecule has 0 aromatic carbocycles. The quantitative estimate of drug-likeness (QED) is 0.580. The van der Waals surface area contributed by atoms with Gasteiger partial charge < -0.3 is 13.9 Å². The third-order valence-electron chi connectivity index (χ3n) is 3.08. The largest absolute Gasteiger partial charge is 0.468 e. The molecule has 1 heterocycles. The normalized spacial score (nSPS) is 14.4. The highest BCUT2D eigenvalue weighted by atomic mass is 16.6. The summed E-state index contributed by atoms with van der Waals surface area (Å²) in [5.74, 6) is -0.155. The van der Waals surface area contributed by atoms with Crippen LogP contribution in [0, 0.1) is 5.92 Å². The minimum absolute atomic E-state index is 0.0419. The molecule has 0 saturated heterocycles. The summed E-state index contributed by atoms with van der Waals surface area (Å²) >= 11 is 0. The van der Waals surface area contributed by atoms with Gasteiger partial charge in [0.1, 0.15) is 11.4 Å². The van der Waals surface area contributed by atoms with E-state index in [4.69, 9.17) is 13.9 Å². The Morgan fingerprint density at radius 3 is 2.62 bits per heavy atom. The summed E-state index contributed by atoms with van der Waals surface area (Å²) in [4.78, 5) is 23.4. The van der Waals surface area contributed by atoms with Crippen molar-refractivity contribution in [3.63, 3.8) is 0 Å². The van der Waals surface area contributed by atoms with E-state index in [1.807, 2.05) is 33.8 Å². The SMILES string of the molecule is CCOC(=O)/C=C/[C@@H](C)[C@H](NCC(=O)OC(C)(C)C)c1ccco1. The summed E-state index contributed by atoms with van der Waals surface area (Å²) in [6.07, 6.45) is 4.69. The molecule has 1 aromatic heterocycles. The number of furan rings is 1. The maximum atomic E-state index is 11.9. The van der Waals surface area contributed by atoms with E-state index in [9.17, 15) is 9.59 Å². The lowest BCUT2D eigenvalue weighted by atomic mass is 9.99. The van der Waals surface area contributed by atoms with Gasteiger partial charge in [-0.3, -0.25) is 10.1 Å². The highest BCUT2D eigenvalue weighted by molar-refractivity contribution is 5.81. The number of carbonyl (C=O) groups excluding carboxylic acids is 2. The lowest BCUT2D eigenvalue weighted by Gasteiger charge is -2.23. The molecule has 2 atom stereocenters. The highest BCUT2D eigenvalue weighted by Crippen LogP contribution is 2.23. The summed E-state index contributed by atoms with van der Waals surface area (Å²) in [5, 5.41) is 3.13. The van der Waals surface area contributed by atoms with Crippen LogP contribution in [-0.4, -0.2) is 30.7 Å². The van der Waals surface area contributed by atoms with Gasteiger partial charge >= 0.3 is 11.9 Å². The number of rotatable bonds is 8. The van der Waals surface area contributed by atoms with Crippen molar-refractivity contribution in [1.29, 1.82) is 0 Å². The monoisotopic (exact) mass is 337 g/mol. The lowest BCUT2D eigenvalue weighted by Crippen LogP contribution is -2.35. The van der Waals surface area contributed by atoms with Gasteiger partial charge in [-0.05, 0) is 45.7 Å². The third kappa shape index (κ3) is 7.46. The van der Waals surface area contributed by atoms with E-state index in [0.717, 1.165) is 0 Å². The molecule has 24 heavy (non-hydrogen) atoms. The molecule has 0 aliphatic rings. The van der Waals surface area contributed by atoms with Gasteiger partial charge in [-0.1, -0.05) is 13.0 Å². The zero-order valence-electron chi connectivity index (χ0n) is 15.0. The first kappa shape index (κ1) is 20.0. The minimum atomic E-state index is -0.533. The van der Waals surface area contributed by atoms with Crippen molar-refractivity contribution in [2.24, 2.45) is 5.92 Å². The molecule has 0 aliphatic carbocycles. The number of esters is 2. The molecular formula is C18H27NO5. The smallest absolute Gasteiger partial charge is 0.330 e. The topological polar surface area (TPSA) is 77.8 Å². The third-order valence-corrected chi connectivity index (χ3v) is 3.08. The molecule has 0 aliphatic heterocycles. The zero-order valence-corrected chi connectivity index (χ0v) is 15.0. The van der Waals surface area contributed by atoms with Crippen LogP contribution >= 0.6 is 0 Å². The van der Waals surface area contributed by atoms with Gasteiger partial charge in [0.05, 0.1) is 25.5 Å². The van der Waals surface area contributed by atoms with E-state index in [-0.39, 0.29) is 24.5 Å². The maximum absolute atomic E-state index is 11.9. The number of hydrogen-bond acceptors (Lipinski definition) is 6. The molecule has 1 aromatic rings. The van der Waals surface area contributed by atoms with E-state index in [0.29, 0.717) is 12.4 Å². The Kier molecular flexibility index (Phi) is 7.71. The van der Waals surface area contributed by atoms with Gasteiger partial charge in [-0.15, -0.1) is 0 Å². The highest BCUT2D eigenvalue weighted by Gasteiger charge is 2.23. The Bertz CT molecular complexity index is 542. The Morgan fingerprint density at radius 2 is 2.08 bits per heavy atom. The van der Waals surface area contributed by atoms with Crippen molar-refractivity contribution < 1.29 is 23.5 Å². The molecule has 0 spiro atoms. The number of hydrogen-bond donors (Lipinski definition) is 1. The molecule has 1 rings (SSSR count). The second-order valence-corrected chi connectivity index (χ2v) is 6.43. The molecule has 0 radical (unpaired) electrons. The van der Waals surface area contributed by atoms with Crippen molar-refractivity contribution >= 4 is 11.9 Å². The molecule has 6 heteroatoms. The fraction of sp³-hybridized carbons (Fsp3) is 0.556. The predicted molar refractivity (Wildman–Crippen MR) is 90.2 cm³/mol. The van der Waals surface area contributed by atoms with E-state index >= 15 is 0 Å². The molecule has 0 fully saturated rings. The number of nitrogens with one attached hydrogen (secondary N) is 1. The molecule has 1 N–H and O–H groups in total. The number of carbonyl (C=O) groups is 2. The Balaban J connectivity index is 2.72. The lowest BCUT2D eigenvalue weighted by molar-refractivity contribution is -0.153. The van der Waals surface area contributed by atoms with Crippen molar-refractivity contribution in [3.8, 4) is 0 Å². The predicted octanol–water partition coefficient (Wildman–Crippen LogP) is 3.01. The van der Waals surface area contributed by atoms with E-state index in [1.54, 1.807) is 25.3 Å². The van der Waals surface area contributed by atoms with Crippen molar-refractivity contribution in [2.75, 3.05) is 13.2 Å². The standard InChI is InChI=1S/C18H27NO5/c1-6-22-15(20)10-9-13(2)17(14-8-7-11-23-14)19-12-16(21)24-18(3,4)5/h7-11,13,17,19H,6,12H2,1-5H3/b10-9+/t13-,17+/m1/s1. The van der Waals surface area contributed by atoms with Crippen LogP contribution in [0.15, 0.2) is 35.0 Å². The second kappa shape index (κ2) is 9.27. The maximum Gasteiger partial charge on any atom is 0.330 e. The van der Waals surface area contributed by atoms with Crippen LogP contribution in [0.1, 0.15) is 46.4 Å². The van der Waals surface area contributed by atoms with Crippen molar-refractivity contribution in [3.05, 3.63) is 36.3 Å². The first-order valence-electron chi connectivity index (χ1n) is 8.06. The average molecular weight is 337 g/mol. The Labute approximate surface area is 143 Å². The van der Waals surface area contributed by atoms with E-state index in [1.165, 1.54) is 6.08 Å². The van der Waals surface area contributed by atoms with Crippen LogP contribution in [0.2, 0.25) is 0 Å². The molecular weight excluding hydrogens is 310 g/mol. The van der Waals surface area contributed by atoms with E-state index in [2.05, 4.69) is 5.32 Å². The second-order valence-electron chi connectivity index (χ2n) is 6.43. The van der Waals surface area contributed by atoms with Crippen molar-refractivity contribution in [2.45, 2.75) is 46.3 Å². The van der Waals surface area contributed by atoms with Gasteiger partial charge in [0.2, 0.25) is 0 Å². The summed E-state index contributed by atoms with van der Waals surface area (Å²) in [5.41, 5.74) is -0.533. The molecule has 6 nitrogen and oxygen atoms in total. The van der Waals surface area contributed by atoms with Crippen molar-refractivity contribution in [1.82, 2.24) is 5.32 Å². The van der Waals surface area contributed by atoms with E-state index < -0.39 is 11.6 Å². The summed E-state index contributed by atoms with van der Waals surface area (Å²) in [6.45, 7) is 9.50. The molecule has 134 valence electrons. The molecule has 0 unspecified atom stereocenters. The molecule has 0 amide bonds. The first-order valence-corrected chi connectivity index (χ1v) is 8.06. The van der Waals surface area contributed by atoms with Gasteiger partial charge in [0.15, 0.2) is 0 Å². The number of ether oxygens (including phenoxy) is 2.